The maximum atomic E-state index is 10.2. The third-order valence-corrected chi connectivity index (χ3v) is 3.83. The Labute approximate surface area is 130 Å². The van der Waals surface area contributed by atoms with Gasteiger partial charge in [-0.1, -0.05) is 41.9 Å². The van der Waals surface area contributed by atoms with Crippen LogP contribution >= 0.6 is 11.6 Å². The van der Waals surface area contributed by atoms with E-state index in [0.29, 0.717) is 6.54 Å². The highest BCUT2D eigenvalue weighted by molar-refractivity contribution is 6.31. The Morgan fingerprint density at radius 3 is 2.43 bits per heavy atom. The molecule has 3 nitrogen and oxygen atoms in total. The van der Waals surface area contributed by atoms with Crippen LogP contribution < -0.4 is 10.1 Å². The topological polar surface area (TPSA) is 41.5 Å². The third-order valence-electron chi connectivity index (χ3n) is 3.49. The van der Waals surface area contributed by atoms with Crippen LogP contribution in [0.2, 0.25) is 5.02 Å². The highest BCUT2D eigenvalue weighted by Crippen LogP contribution is 2.23. The van der Waals surface area contributed by atoms with Crippen LogP contribution in [0.15, 0.2) is 48.5 Å². The number of hydrogen-bond acceptors (Lipinski definition) is 3. The lowest BCUT2D eigenvalue weighted by atomic mass is 10.1. The highest BCUT2D eigenvalue weighted by atomic mass is 35.5. The van der Waals surface area contributed by atoms with Crippen molar-refractivity contribution in [2.45, 2.75) is 19.1 Å². The van der Waals surface area contributed by atoms with E-state index in [1.165, 1.54) is 0 Å². The number of halogens is 1. The number of aliphatic hydroxyl groups is 1. The molecular weight excluding hydrogens is 286 g/mol. The molecular formula is C17H20ClNO2. The minimum atomic E-state index is -0.569. The van der Waals surface area contributed by atoms with Gasteiger partial charge >= 0.3 is 0 Å². The smallest absolute Gasteiger partial charge is 0.118 e. The molecule has 0 fully saturated rings. The van der Waals surface area contributed by atoms with Crippen molar-refractivity contribution in [3.05, 3.63) is 64.7 Å². The van der Waals surface area contributed by atoms with E-state index >= 15 is 0 Å². The summed E-state index contributed by atoms with van der Waals surface area (Å²) in [7, 11) is 1.62. The summed E-state index contributed by atoms with van der Waals surface area (Å²) in [5, 5.41) is 14.2. The second kappa shape index (κ2) is 7.46. The first-order chi connectivity index (χ1) is 10.1. The van der Waals surface area contributed by atoms with Crippen LogP contribution in [0.1, 0.15) is 30.2 Å². The number of benzene rings is 2. The van der Waals surface area contributed by atoms with E-state index in [0.717, 1.165) is 21.9 Å². The summed E-state index contributed by atoms with van der Waals surface area (Å²) in [5.74, 6) is 0.781. The molecule has 0 aromatic heterocycles. The molecule has 0 saturated heterocycles. The van der Waals surface area contributed by atoms with Gasteiger partial charge in [0.2, 0.25) is 0 Å². The van der Waals surface area contributed by atoms with Crippen LogP contribution in [0.4, 0.5) is 0 Å². The molecule has 2 aromatic carbocycles. The predicted molar refractivity (Wildman–Crippen MR) is 85.8 cm³/mol. The van der Waals surface area contributed by atoms with E-state index in [4.69, 9.17) is 16.3 Å². The molecule has 21 heavy (non-hydrogen) atoms. The predicted octanol–water partition coefficient (Wildman–Crippen LogP) is 3.73. The van der Waals surface area contributed by atoms with Gasteiger partial charge in [-0.2, -0.15) is 0 Å². The molecule has 112 valence electrons. The van der Waals surface area contributed by atoms with Crippen molar-refractivity contribution in [3.8, 4) is 5.75 Å². The van der Waals surface area contributed by atoms with Crippen molar-refractivity contribution in [3.63, 3.8) is 0 Å². The largest absolute Gasteiger partial charge is 0.497 e. The van der Waals surface area contributed by atoms with E-state index < -0.39 is 6.10 Å². The fourth-order valence-corrected chi connectivity index (χ4v) is 2.47. The fourth-order valence-electron chi connectivity index (χ4n) is 2.17. The minimum absolute atomic E-state index is 0.0756. The van der Waals surface area contributed by atoms with Crippen molar-refractivity contribution >= 4 is 11.6 Å². The first kappa shape index (κ1) is 15.8. The number of ether oxygens (including phenoxy) is 1. The van der Waals surface area contributed by atoms with Crippen LogP contribution in [0, 0.1) is 0 Å². The maximum absolute atomic E-state index is 10.2. The van der Waals surface area contributed by atoms with Gasteiger partial charge in [0.15, 0.2) is 0 Å². The Bertz CT molecular complexity index is 571. The average Bonchev–Trinajstić information content (AvgIpc) is 2.52. The zero-order valence-corrected chi connectivity index (χ0v) is 13.0. The van der Waals surface area contributed by atoms with Gasteiger partial charge in [-0.25, -0.2) is 0 Å². The quantitative estimate of drug-likeness (QED) is 0.854. The van der Waals surface area contributed by atoms with Crippen molar-refractivity contribution in [1.29, 1.82) is 0 Å². The van der Waals surface area contributed by atoms with Crippen LogP contribution in [0.25, 0.3) is 0 Å². The van der Waals surface area contributed by atoms with Crippen LogP contribution in [0.3, 0.4) is 0 Å². The maximum Gasteiger partial charge on any atom is 0.118 e. The molecule has 0 aliphatic heterocycles. The van der Waals surface area contributed by atoms with E-state index in [-0.39, 0.29) is 6.04 Å². The first-order valence-electron chi connectivity index (χ1n) is 6.91. The fraction of sp³-hybridized carbons (Fsp3) is 0.294. The molecule has 0 bridgehead atoms. The summed E-state index contributed by atoms with van der Waals surface area (Å²) in [6.45, 7) is 2.49. The number of aliphatic hydroxyl groups excluding tert-OH is 1. The van der Waals surface area contributed by atoms with Gasteiger partial charge in [0, 0.05) is 17.6 Å². The number of nitrogens with one attached hydrogen (secondary N) is 1. The molecule has 4 heteroatoms. The van der Waals surface area contributed by atoms with Crippen molar-refractivity contribution < 1.29 is 9.84 Å². The molecule has 2 rings (SSSR count). The van der Waals surface area contributed by atoms with Gasteiger partial charge in [0.05, 0.1) is 13.2 Å². The first-order valence-corrected chi connectivity index (χ1v) is 7.29. The lowest BCUT2D eigenvalue weighted by Gasteiger charge is -2.19. The summed E-state index contributed by atoms with van der Waals surface area (Å²) in [5.41, 5.74) is 1.88. The molecule has 0 aliphatic rings. The van der Waals surface area contributed by atoms with Crippen molar-refractivity contribution in [1.82, 2.24) is 5.32 Å². The lowest BCUT2D eigenvalue weighted by Crippen LogP contribution is -2.24. The molecule has 0 radical (unpaired) electrons. The molecule has 2 atom stereocenters. The van der Waals surface area contributed by atoms with E-state index in [9.17, 15) is 5.11 Å². The Morgan fingerprint density at radius 1 is 1.14 bits per heavy atom. The monoisotopic (exact) mass is 305 g/mol. The van der Waals surface area contributed by atoms with Gasteiger partial charge in [-0.05, 0) is 36.2 Å². The zero-order valence-electron chi connectivity index (χ0n) is 12.2. The average molecular weight is 306 g/mol. The van der Waals surface area contributed by atoms with Crippen LogP contribution in [-0.4, -0.2) is 18.8 Å². The second-order valence-electron chi connectivity index (χ2n) is 4.94. The van der Waals surface area contributed by atoms with Gasteiger partial charge in [-0.15, -0.1) is 0 Å². The molecule has 0 spiro atoms. The molecule has 2 aromatic rings. The molecule has 0 heterocycles. The minimum Gasteiger partial charge on any atom is -0.497 e. The normalized spacial score (nSPS) is 13.7. The Balaban J connectivity index is 1.94. The highest BCUT2D eigenvalue weighted by Gasteiger charge is 2.12. The number of rotatable bonds is 6. The Kier molecular flexibility index (Phi) is 5.62. The van der Waals surface area contributed by atoms with Crippen LogP contribution in [0.5, 0.6) is 5.75 Å². The molecule has 2 N–H and O–H groups in total. The van der Waals surface area contributed by atoms with E-state index in [2.05, 4.69) is 5.32 Å². The van der Waals surface area contributed by atoms with Crippen LogP contribution in [-0.2, 0) is 0 Å². The number of hydrogen-bond donors (Lipinski definition) is 2. The third kappa shape index (κ3) is 4.21. The Hall–Kier alpha value is -1.55. The summed E-state index contributed by atoms with van der Waals surface area (Å²) >= 11 is 6.17. The summed E-state index contributed by atoms with van der Waals surface area (Å²) in [6.07, 6.45) is -0.569. The number of methoxy groups -OCH3 is 1. The van der Waals surface area contributed by atoms with Crippen molar-refractivity contribution in [2.24, 2.45) is 0 Å². The lowest BCUT2D eigenvalue weighted by molar-refractivity contribution is 0.170. The van der Waals surface area contributed by atoms with E-state index in [1.54, 1.807) is 7.11 Å². The van der Waals surface area contributed by atoms with Gasteiger partial charge in [-0.3, -0.25) is 0 Å². The molecule has 0 saturated carbocycles. The van der Waals surface area contributed by atoms with Gasteiger partial charge in [0.25, 0.3) is 0 Å². The van der Waals surface area contributed by atoms with Gasteiger partial charge in [0.1, 0.15) is 5.75 Å². The molecule has 0 aliphatic carbocycles. The molecule has 2 unspecified atom stereocenters. The SMILES string of the molecule is COc1ccc(C(O)CNC(C)c2ccccc2Cl)cc1. The second-order valence-corrected chi connectivity index (χ2v) is 5.35. The van der Waals surface area contributed by atoms with E-state index in [1.807, 2.05) is 55.5 Å². The van der Waals surface area contributed by atoms with Gasteiger partial charge < -0.3 is 15.2 Å². The standard InChI is InChI=1S/C17H20ClNO2/c1-12(15-5-3-4-6-16(15)18)19-11-17(20)13-7-9-14(21-2)10-8-13/h3-10,12,17,19-20H,11H2,1-2H3. The summed E-state index contributed by atoms with van der Waals surface area (Å²) in [4.78, 5) is 0. The summed E-state index contributed by atoms with van der Waals surface area (Å²) in [6, 6.07) is 15.2. The zero-order chi connectivity index (χ0) is 15.2. The van der Waals surface area contributed by atoms with Crippen molar-refractivity contribution in [2.75, 3.05) is 13.7 Å². The summed E-state index contributed by atoms with van der Waals surface area (Å²) < 4.78 is 5.11. The molecule has 0 amide bonds. The Morgan fingerprint density at radius 2 is 1.81 bits per heavy atom.